The molecule has 20 heavy (non-hydrogen) atoms. The lowest BCUT2D eigenvalue weighted by Gasteiger charge is -2.17. The SMILES string of the molecule is COC(=O)c1cc2c3c(c1)[nH]c(=O)c1ccc(n13)CC2. The van der Waals surface area contributed by atoms with Crippen LogP contribution in [0, 0.1) is 0 Å². The Balaban J connectivity index is 2.21. The van der Waals surface area contributed by atoms with Crippen molar-refractivity contribution >= 4 is 22.5 Å². The van der Waals surface area contributed by atoms with Crippen LogP contribution >= 0.6 is 0 Å². The second kappa shape index (κ2) is 3.72. The Bertz CT molecular complexity index is 934. The number of aromatic nitrogens is 2. The number of nitrogens with zero attached hydrogens (tertiary/aromatic N) is 1. The van der Waals surface area contributed by atoms with Crippen molar-refractivity contribution < 1.29 is 9.53 Å². The maximum absolute atomic E-state index is 12.1. The standard InChI is InChI=1S/C15H12N2O3/c1-20-15(19)9-6-8-2-3-10-4-5-12-14(18)16-11(7-9)13(8)17(10)12/h4-7H,2-3H2,1H3,(H,16,18). The molecule has 1 N–H and O–H groups in total. The minimum Gasteiger partial charge on any atom is -0.465 e. The topological polar surface area (TPSA) is 63.6 Å². The van der Waals surface area contributed by atoms with Crippen molar-refractivity contribution in [2.24, 2.45) is 0 Å². The molecule has 0 radical (unpaired) electrons. The fourth-order valence-electron chi connectivity index (χ4n) is 3.04. The van der Waals surface area contributed by atoms with E-state index in [4.69, 9.17) is 4.74 Å². The van der Waals surface area contributed by atoms with Gasteiger partial charge >= 0.3 is 5.97 Å². The van der Waals surface area contributed by atoms with Crippen molar-refractivity contribution in [3.8, 4) is 0 Å². The third-order valence-corrected chi connectivity index (χ3v) is 3.93. The van der Waals surface area contributed by atoms with Gasteiger partial charge in [0.15, 0.2) is 0 Å². The highest BCUT2D eigenvalue weighted by atomic mass is 16.5. The summed E-state index contributed by atoms with van der Waals surface area (Å²) in [5, 5.41) is 0. The molecule has 0 unspecified atom stereocenters. The molecule has 1 aromatic carbocycles. The molecule has 2 aromatic heterocycles. The third-order valence-electron chi connectivity index (χ3n) is 3.93. The first-order valence-corrected chi connectivity index (χ1v) is 6.46. The summed E-state index contributed by atoms with van der Waals surface area (Å²) in [5.41, 5.74) is 4.84. The highest BCUT2D eigenvalue weighted by Gasteiger charge is 2.19. The van der Waals surface area contributed by atoms with Crippen molar-refractivity contribution in [2.75, 3.05) is 7.11 Å². The molecule has 0 aliphatic carbocycles. The second-order valence-corrected chi connectivity index (χ2v) is 5.02. The molecule has 0 saturated heterocycles. The van der Waals surface area contributed by atoms with E-state index in [1.54, 1.807) is 6.07 Å². The Kier molecular flexibility index (Phi) is 2.10. The lowest BCUT2D eigenvalue weighted by Crippen LogP contribution is -2.16. The summed E-state index contributed by atoms with van der Waals surface area (Å²) in [7, 11) is 1.36. The van der Waals surface area contributed by atoms with Crippen LogP contribution in [-0.2, 0) is 17.6 Å². The number of aryl methyl sites for hydroxylation is 2. The number of esters is 1. The average molecular weight is 268 g/mol. The predicted octanol–water partition coefficient (Wildman–Crippen LogP) is 1.67. The quantitative estimate of drug-likeness (QED) is 0.683. The lowest BCUT2D eigenvalue weighted by molar-refractivity contribution is 0.0601. The van der Waals surface area contributed by atoms with Gasteiger partial charge in [0.2, 0.25) is 0 Å². The molecule has 0 bridgehead atoms. The molecule has 0 fully saturated rings. The molecule has 4 rings (SSSR count). The number of nitrogens with one attached hydrogen (secondary N) is 1. The van der Waals surface area contributed by atoms with Gasteiger partial charge in [-0.1, -0.05) is 0 Å². The van der Waals surface area contributed by atoms with E-state index in [9.17, 15) is 9.59 Å². The molecular formula is C15H12N2O3. The zero-order chi connectivity index (χ0) is 13.9. The average Bonchev–Trinajstić information content (AvgIpc) is 2.90. The fourth-order valence-corrected chi connectivity index (χ4v) is 3.04. The molecule has 100 valence electrons. The van der Waals surface area contributed by atoms with Crippen LogP contribution in [0.2, 0.25) is 0 Å². The number of ether oxygens (including phenoxy) is 1. The number of carbonyl (C=O) groups is 1. The number of rotatable bonds is 1. The van der Waals surface area contributed by atoms with E-state index in [0.29, 0.717) is 16.6 Å². The highest BCUT2D eigenvalue weighted by Crippen LogP contribution is 2.27. The van der Waals surface area contributed by atoms with E-state index in [2.05, 4.69) is 4.98 Å². The van der Waals surface area contributed by atoms with Crippen molar-refractivity contribution in [3.05, 3.63) is 51.4 Å². The summed E-state index contributed by atoms with van der Waals surface area (Å²) in [6.07, 6.45) is 1.72. The zero-order valence-corrected chi connectivity index (χ0v) is 10.9. The summed E-state index contributed by atoms with van der Waals surface area (Å²) >= 11 is 0. The van der Waals surface area contributed by atoms with Gasteiger partial charge in [-0.25, -0.2) is 4.79 Å². The smallest absolute Gasteiger partial charge is 0.337 e. The summed E-state index contributed by atoms with van der Waals surface area (Å²) in [4.78, 5) is 26.7. The molecule has 1 aliphatic rings. The Hall–Kier alpha value is -2.56. The van der Waals surface area contributed by atoms with Gasteiger partial charge in [0.1, 0.15) is 5.52 Å². The zero-order valence-electron chi connectivity index (χ0n) is 10.9. The van der Waals surface area contributed by atoms with Gasteiger partial charge in [-0.2, -0.15) is 0 Å². The molecule has 3 aromatic rings. The Morgan fingerprint density at radius 3 is 2.95 bits per heavy atom. The van der Waals surface area contributed by atoms with Crippen LogP contribution in [0.3, 0.4) is 0 Å². The Labute approximate surface area is 113 Å². The molecule has 5 heteroatoms. The van der Waals surface area contributed by atoms with E-state index >= 15 is 0 Å². The molecule has 0 spiro atoms. The van der Waals surface area contributed by atoms with Crippen LogP contribution < -0.4 is 5.56 Å². The minimum atomic E-state index is -0.387. The van der Waals surface area contributed by atoms with E-state index in [1.165, 1.54) is 7.11 Å². The van der Waals surface area contributed by atoms with Crippen LogP contribution in [0.5, 0.6) is 0 Å². The van der Waals surface area contributed by atoms with Crippen molar-refractivity contribution in [1.82, 2.24) is 9.38 Å². The van der Waals surface area contributed by atoms with E-state index in [-0.39, 0.29) is 11.5 Å². The number of carbonyl (C=O) groups excluding carboxylic acids is 1. The van der Waals surface area contributed by atoms with Crippen LogP contribution in [0.25, 0.3) is 16.6 Å². The molecule has 0 saturated carbocycles. The number of aromatic amines is 1. The van der Waals surface area contributed by atoms with Crippen LogP contribution in [0.1, 0.15) is 21.6 Å². The summed E-state index contributed by atoms with van der Waals surface area (Å²) in [6, 6.07) is 7.37. The van der Waals surface area contributed by atoms with E-state index in [1.807, 2.05) is 22.6 Å². The van der Waals surface area contributed by atoms with Crippen molar-refractivity contribution in [2.45, 2.75) is 12.8 Å². The molecule has 0 atom stereocenters. The minimum absolute atomic E-state index is 0.140. The van der Waals surface area contributed by atoms with Gasteiger partial charge in [-0.15, -0.1) is 0 Å². The van der Waals surface area contributed by atoms with Crippen molar-refractivity contribution in [1.29, 1.82) is 0 Å². The number of H-pyrrole nitrogens is 1. The maximum atomic E-state index is 12.1. The molecular weight excluding hydrogens is 256 g/mol. The first kappa shape index (κ1) is 11.3. The summed E-state index contributed by atoms with van der Waals surface area (Å²) in [5.74, 6) is -0.387. The van der Waals surface area contributed by atoms with Gasteiger partial charge in [0.25, 0.3) is 5.56 Å². The number of hydrogen-bond donors (Lipinski definition) is 1. The van der Waals surface area contributed by atoms with Gasteiger partial charge < -0.3 is 14.1 Å². The van der Waals surface area contributed by atoms with Crippen LogP contribution in [-0.4, -0.2) is 22.5 Å². The van der Waals surface area contributed by atoms with E-state index in [0.717, 1.165) is 29.6 Å². The first-order chi connectivity index (χ1) is 9.69. The Morgan fingerprint density at radius 2 is 2.15 bits per heavy atom. The van der Waals surface area contributed by atoms with Crippen LogP contribution in [0.15, 0.2) is 29.1 Å². The molecule has 5 nitrogen and oxygen atoms in total. The molecule has 1 aliphatic heterocycles. The summed E-state index contributed by atoms with van der Waals surface area (Å²) < 4.78 is 6.76. The lowest BCUT2D eigenvalue weighted by atomic mass is 10.00. The highest BCUT2D eigenvalue weighted by molar-refractivity contribution is 5.95. The third kappa shape index (κ3) is 1.32. The van der Waals surface area contributed by atoms with Gasteiger partial charge in [-0.05, 0) is 42.7 Å². The monoisotopic (exact) mass is 268 g/mol. The van der Waals surface area contributed by atoms with Gasteiger partial charge in [0, 0.05) is 5.69 Å². The largest absolute Gasteiger partial charge is 0.465 e. The number of methoxy groups -OCH3 is 1. The Morgan fingerprint density at radius 1 is 1.30 bits per heavy atom. The fraction of sp³-hybridized carbons (Fsp3) is 0.200. The van der Waals surface area contributed by atoms with E-state index < -0.39 is 0 Å². The number of hydrogen-bond acceptors (Lipinski definition) is 3. The molecule has 0 amide bonds. The van der Waals surface area contributed by atoms with Gasteiger partial charge in [0.05, 0.1) is 23.7 Å². The predicted molar refractivity (Wildman–Crippen MR) is 74.3 cm³/mol. The second-order valence-electron chi connectivity index (χ2n) is 5.02. The number of benzene rings is 1. The first-order valence-electron chi connectivity index (χ1n) is 6.46. The maximum Gasteiger partial charge on any atom is 0.337 e. The van der Waals surface area contributed by atoms with Crippen LogP contribution in [0.4, 0.5) is 0 Å². The van der Waals surface area contributed by atoms with Crippen molar-refractivity contribution in [3.63, 3.8) is 0 Å². The summed E-state index contributed by atoms with van der Waals surface area (Å²) in [6.45, 7) is 0. The normalized spacial score (nSPS) is 13.2. The van der Waals surface area contributed by atoms with Gasteiger partial charge in [-0.3, -0.25) is 4.79 Å². The molecule has 3 heterocycles.